The van der Waals surface area contributed by atoms with Crippen LogP contribution in [0.3, 0.4) is 0 Å². The summed E-state index contributed by atoms with van der Waals surface area (Å²) < 4.78 is 0. The van der Waals surface area contributed by atoms with Crippen molar-refractivity contribution < 1.29 is 9.90 Å². The van der Waals surface area contributed by atoms with E-state index in [0.29, 0.717) is 11.4 Å². The lowest BCUT2D eigenvalue weighted by Crippen LogP contribution is -2.27. The van der Waals surface area contributed by atoms with Gasteiger partial charge >= 0.3 is 5.97 Å². The summed E-state index contributed by atoms with van der Waals surface area (Å²) in [6, 6.07) is 14.3. The number of nitrogens with zero attached hydrogens (tertiary/aromatic N) is 3. The Morgan fingerprint density at radius 2 is 1.58 bits per heavy atom. The summed E-state index contributed by atoms with van der Waals surface area (Å²) in [4.78, 5) is 13.4. The summed E-state index contributed by atoms with van der Waals surface area (Å²) in [6.07, 6.45) is 0. The van der Waals surface area contributed by atoms with Crippen LogP contribution in [0.25, 0.3) is 0 Å². The van der Waals surface area contributed by atoms with Gasteiger partial charge in [-0.15, -0.1) is 5.11 Å². The molecule has 0 unspecified atom stereocenters. The lowest BCUT2D eigenvalue weighted by Gasteiger charge is -2.22. The number of azo groups is 1. The average molecular weight is 455 g/mol. The maximum Gasteiger partial charge on any atom is 0.337 e. The standard InChI is InChI=1S/C17H17Br2N3O2/c18-9-11-22(12-10-19)14-7-5-13(6-8-14)20-21-16-4-2-1-3-15(16)17(23)24/h1-8H,9-12H2,(H,23,24). The first kappa shape index (κ1) is 18.6. The van der Waals surface area contributed by atoms with Crippen molar-refractivity contribution in [1.82, 2.24) is 0 Å². The molecule has 0 aliphatic rings. The number of hydrogen-bond donors (Lipinski definition) is 1. The van der Waals surface area contributed by atoms with Crippen LogP contribution in [0, 0.1) is 0 Å². The molecule has 0 amide bonds. The maximum absolute atomic E-state index is 11.2. The van der Waals surface area contributed by atoms with Crippen molar-refractivity contribution >= 4 is 54.9 Å². The van der Waals surface area contributed by atoms with E-state index in [2.05, 4.69) is 47.0 Å². The summed E-state index contributed by atoms with van der Waals surface area (Å²) in [5.41, 5.74) is 2.27. The molecule has 2 rings (SSSR count). The summed E-state index contributed by atoms with van der Waals surface area (Å²) in [5.74, 6) is -1.01. The normalized spacial score (nSPS) is 10.9. The fraction of sp³-hybridized carbons (Fsp3) is 0.235. The fourth-order valence-electron chi connectivity index (χ4n) is 2.16. The minimum atomic E-state index is -1.01. The van der Waals surface area contributed by atoms with Crippen LogP contribution in [0.5, 0.6) is 0 Å². The molecule has 0 saturated heterocycles. The van der Waals surface area contributed by atoms with Crippen LogP contribution in [0.1, 0.15) is 10.4 Å². The van der Waals surface area contributed by atoms with Gasteiger partial charge in [-0.25, -0.2) is 4.79 Å². The van der Waals surface area contributed by atoms with Crippen LogP contribution in [0.4, 0.5) is 17.1 Å². The quantitative estimate of drug-likeness (QED) is 0.429. The topological polar surface area (TPSA) is 65.3 Å². The number of aromatic carboxylic acids is 1. The van der Waals surface area contributed by atoms with E-state index in [1.54, 1.807) is 18.2 Å². The van der Waals surface area contributed by atoms with E-state index in [9.17, 15) is 4.79 Å². The van der Waals surface area contributed by atoms with Gasteiger partial charge < -0.3 is 10.0 Å². The van der Waals surface area contributed by atoms with Crippen molar-refractivity contribution in [2.45, 2.75) is 0 Å². The van der Waals surface area contributed by atoms with Crippen molar-refractivity contribution in [3.05, 3.63) is 54.1 Å². The third-order valence-electron chi connectivity index (χ3n) is 3.33. The highest BCUT2D eigenvalue weighted by atomic mass is 79.9. The number of halogens is 2. The molecule has 0 radical (unpaired) electrons. The highest BCUT2D eigenvalue weighted by Crippen LogP contribution is 2.24. The number of rotatable bonds is 8. The number of alkyl halides is 2. The minimum absolute atomic E-state index is 0.138. The predicted molar refractivity (Wildman–Crippen MR) is 104 cm³/mol. The van der Waals surface area contributed by atoms with Gasteiger partial charge in [-0.3, -0.25) is 0 Å². The Labute approximate surface area is 157 Å². The largest absolute Gasteiger partial charge is 0.478 e. The summed E-state index contributed by atoms with van der Waals surface area (Å²) in [7, 11) is 0. The van der Waals surface area contributed by atoms with Crippen LogP contribution in [0.2, 0.25) is 0 Å². The van der Waals surface area contributed by atoms with E-state index in [0.717, 1.165) is 29.4 Å². The molecular weight excluding hydrogens is 438 g/mol. The minimum Gasteiger partial charge on any atom is -0.478 e. The Hall–Kier alpha value is -1.73. The monoisotopic (exact) mass is 453 g/mol. The van der Waals surface area contributed by atoms with Gasteiger partial charge in [0.25, 0.3) is 0 Å². The van der Waals surface area contributed by atoms with Gasteiger partial charge in [-0.1, -0.05) is 44.0 Å². The van der Waals surface area contributed by atoms with Crippen LogP contribution < -0.4 is 4.90 Å². The molecule has 0 spiro atoms. The molecule has 0 aliphatic heterocycles. The number of hydrogen-bond acceptors (Lipinski definition) is 4. The third-order valence-corrected chi connectivity index (χ3v) is 4.04. The Morgan fingerprint density at radius 3 is 2.17 bits per heavy atom. The molecular formula is C17H17Br2N3O2. The smallest absolute Gasteiger partial charge is 0.337 e. The van der Waals surface area contributed by atoms with Crippen LogP contribution in [0.15, 0.2) is 58.8 Å². The molecule has 1 N–H and O–H groups in total. The first-order valence-electron chi connectivity index (χ1n) is 7.36. The molecule has 0 saturated carbocycles. The van der Waals surface area contributed by atoms with Gasteiger partial charge in [0.1, 0.15) is 5.69 Å². The van der Waals surface area contributed by atoms with Crippen molar-refractivity contribution in [1.29, 1.82) is 0 Å². The van der Waals surface area contributed by atoms with E-state index in [-0.39, 0.29) is 5.56 Å². The predicted octanol–water partition coefficient (Wildman–Crippen LogP) is 5.40. The van der Waals surface area contributed by atoms with Gasteiger partial charge in [-0.2, -0.15) is 5.11 Å². The van der Waals surface area contributed by atoms with Crippen molar-refractivity contribution in [2.24, 2.45) is 10.2 Å². The van der Waals surface area contributed by atoms with Crippen LogP contribution in [-0.2, 0) is 0 Å². The molecule has 0 aromatic heterocycles. The van der Waals surface area contributed by atoms with Gasteiger partial charge in [0.2, 0.25) is 0 Å². The molecule has 2 aromatic rings. The summed E-state index contributed by atoms with van der Waals surface area (Å²) >= 11 is 6.92. The fourth-order valence-corrected chi connectivity index (χ4v) is 3.01. The average Bonchev–Trinajstić information content (AvgIpc) is 2.60. The van der Waals surface area contributed by atoms with E-state index < -0.39 is 5.97 Å². The summed E-state index contributed by atoms with van der Waals surface area (Å²) in [5, 5.41) is 19.1. The number of anilines is 1. The molecule has 0 fully saturated rings. The van der Waals surface area contributed by atoms with E-state index in [1.807, 2.05) is 24.3 Å². The number of carbonyl (C=O) groups is 1. The molecule has 5 nitrogen and oxygen atoms in total. The van der Waals surface area contributed by atoms with Crippen molar-refractivity contribution in [3.8, 4) is 0 Å². The highest BCUT2D eigenvalue weighted by Gasteiger charge is 2.08. The second kappa shape index (κ2) is 9.54. The molecule has 2 aromatic carbocycles. The molecule has 126 valence electrons. The van der Waals surface area contributed by atoms with Gasteiger partial charge in [-0.05, 0) is 36.4 Å². The number of carboxylic acid groups (broad SMARTS) is 1. The first-order chi connectivity index (χ1) is 11.7. The zero-order valence-electron chi connectivity index (χ0n) is 12.9. The molecule has 0 aliphatic carbocycles. The number of benzene rings is 2. The molecule has 0 bridgehead atoms. The SMILES string of the molecule is O=C(O)c1ccccc1N=Nc1ccc(N(CCBr)CCBr)cc1. The second-order valence-corrected chi connectivity index (χ2v) is 6.49. The van der Waals surface area contributed by atoms with Crippen LogP contribution >= 0.6 is 31.9 Å². The Morgan fingerprint density at radius 1 is 0.958 bits per heavy atom. The van der Waals surface area contributed by atoms with Crippen molar-refractivity contribution in [2.75, 3.05) is 28.6 Å². The van der Waals surface area contributed by atoms with Gasteiger partial charge in [0.05, 0.1) is 11.3 Å². The maximum atomic E-state index is 11.2. The lowest BCUT2D eigenvalue weighted by molar-refractivity contribution is 0.0698. The van der Waals surface area contributed by atoms with E-state index in [4.69, 9.17) is 5.11 Å². The Balaban J connectivity index is 2.15. The summed E-state index contributed by atoms with van der Waals surface area (Å²) in [6.45, 7) is 1.83. The van der Waals surface area contributed by atoms with Gasteiger partial charge in [0, 0.05) is 29.4 Å². The van der Waals surface area contributed by atoms with Crippen molar-refractivity contribution in [3.63, 3.8) is 0 Å². The van der Waals surface area contributed by atoms with E-state index >= 15 is 0 Å². The molecule has 7 heteroatoms. The molecule has 0 heterocycles. The molecule has 0 atom stereocenters. The second-order valence-electron chi connectivity index (χ2n) is 4.90. The zero-order chi connectivity index (χ0) is 17.4. The Kier molecular flexibility index (Phi) is 7.39. The zero-order valence-corrected chi connectivity index (χ0v) is 16.1. The number of carboxylic acids is 1. The van der Waals surface area contributed by atoms with E-state index in [1.165, 1.54) is 6.07 Å². The van der Waals surface area contributed by atoms with Crippen LogP contribution in [-0.4, -0.2) is 34.8 Å². The Bertz CT molecular complexity index is 699. The highest BCUT2D eigenvalue weighted by molar-refractivity contribution is 9.09. The molecule has 24 heavy (non-hydrogen) atoms. The first-order valence-corrected chi connectivity index (χ1v) is 9.61. The third kappa shape index (κ3) is 5.14. The van der Waals surface area contributed by atoms with Gasteiger partial charge in [0.15, 0.2) is 0 Å². The lowest BCUT2D eigenvalue weighted by atomic mass is 10.2.